The molecule has 0 aliphatic heterocycles. The number of hydrogen-bond donors (Lipinski definition) is 1. The summed E-state index contributed by atoms with van der Waals surface area (Å²) in [5, 5.41) is 16.2. The molecule has 1 unspecified atom stereocenters. The summed E-state index contributed by atoms with van der Waals surface area (Å²) in [7, 11) is 0. The maximum Gasteiger partial charge on any atom is 0.284 e. The van der Waals surface area contributed by atoms with E-state index in [-0.39, 0.29) is 23.2 Å². The second-order valence-electron chi connectivity index (χ2n) is 5.77. The van der Waals surface area contributed by atoms with Gasteiger partial charge in [-0.15, -0.1) is 11.3 Å². The molecule has 0 bridgehead atoms. The van der Waals surface area contributed by atoms with Crippen LogP contribution in [0.5, 0.6) is 0 Å². The van der Waals surface area contributed by atoms with E-state index in [1.165, 1.54) is 29.2 Å². The number of nitrogens with one attached hydrogen (secondary N) is 1. The first-order valence-electron chi connectivity index (χ1n) is 8.03. The van der Waals surface area contributed by atoms with Gasteiger partial charge in [0.2, 0.25) is 0 Å². The Morgan fingerprint density at radius 1 is 1.30 bits per heavy atom. The van der Waals surface area contributed by atoms with Crippen LogP contribution in [0, 0.1) is 17.0 Å². The van der Waals surface area contributed by atoms with Crippen molar-refractivity contribution in [2.24, 2.45) is 0 Å². The van der Waals surface area contributed by atoms with Crippen molar-refractivity contribution in [3.8, 4) is 0 Å². The van der Waals surface area contributed by atoms with Crippen LogP contribution in [0.2, 0.25) is 0 Å². The lowest BCUT2D eigenvalue weighted by atomic mass is 10.1. The Morgan fingerprint density at radius 2 is 2.04 bits per heavy atom. The van der Waals surface area contributed by atoms with E-state index in [0.717, 1.165) is 15.6 Å². The molecule has 0 aliphatic rings. The fourth-order valence-electron chi connectivity index (χ4n) is 2.38. The van der Waals surface area contributed by atoms with Crippen molar-refractivity contribution in [2.45, 2.75) is 29.1 Å². The summed E-state index contributed by atoms with van der Waals surface area (Å²) in [4.78, 5) is 32.2. The Bertz CT molecular complexity index is 976. The van der Waals surface area contributed by atoms with Gasteiger partial charge in [0.15, 0.2) is 4.34 Å². The van der Waals surface area contributed by atoms with Gasteiger partial charge in [0.25, 0.3) is 11.6 Å². The minimum atomic E-state index is -0.480. The third-order valence-corrected chi connectivity index (χ3v) is 5.89. The molecule has 27 heavy (non-hydrogen) atoms. The Labute approximate surface area is 164 Å². The topological polar surface area (TPSA) is 98.0 Å². The maximum absolute atomic E-state index is 12.5. The first-order valence-corrected chi connectivity index (χ1v) is 9.73. The van der Waals surface area contributed by atoms with E-state index in [1.54, 1.807) is 24.5 Å². The smallest absolute Gasteiger partial charge is 0.284 e. The zero-order chi connectivity index (χ0) is 19.4. The molecule has 9 heteroatoms. The zero-order valence-electron chi connectivity index (χ0n) is 14.6. The number of thiazole rings is 1. The molecule has 3 aromatic rings. The molecule has 0 aliphatic carbocycles. The lowest BCUT2D eigenvalue weighted by Gasteiger charge is -2.14. The average Bonchev–Trinajstić information content (AvgIpc) is 3.07. The summed E-state index contributed by atoms with van der Waals surface area (Å²) in [6.07, 6.45) is 3.30. The number of benzene rings is 1. The Kier molecular flexibility index (Phi) is 5.82. The molecule has 2 aromatic heterocycles. The van der Waals surface area contributed by atoms with Crippen LogP contribution < -0.4 is 5.32 Å². The predicted molar refractivity (Wildman–Crippen MR) is 104 cm³/mol. The fourth-order valence-corrected chi connectivity index (χ4v) is 4.26. The Morgan fingerprint density at radius 3 is 2.67 bits per heavy atom. The second kappa shape index (κ2) is 8.28. The van der Waals surface area contributed by atoms with Crippen molar-refractivity contribution in [3.05, 3.63) is 75.0 Å². The number of nitro groups is 1. The highest BCUT2D eigenvalue weighted by atomic mass is 32.2. The largest absolute Gasteiger partial charge is 0.346 e. The molecule has 0 saturated heterocycles. The van der Waals surface area contributed by atoms with Gasteiger partial charge in [-0.1, -0.05) is 11.8 Å². The highest BCUT2D eigenvalue weighted by Gasteiger charge is 2.20. The summed E-state index contributed by atoms with van der Waals surface area (Å²) >= 11 is 2.65. The van der Waals surface area contributed by atoms with E-state index >= 15 is 0 Å². The van der Waals surface area contributed by atoms with Crippen molar-refractivity contribution in [2.75, 3.05) is 0 Å². The van der Waals surface area contributed by atoms with Crippen LogP contribution in [0.25, 0.3) is 0 Å². The minimum absolute atomic E-state index is 0.114. The van der Waals surface area contributed by atoms with Crippen molar-refractivity contribution < 1.29 is 9.72 Å². The maximum atomic E-state index is 12.5. The van der Waals surface area contributed by atoms with Crippen molar-refractivity contribution in [3.63, 3.8) is 0 Å². The lowest BCUT2D eigenvalue weighted by molar-refractivity contribution is -0.387. The van der Waals surface area contributed by atoms with E-state index in [4.69, 9.17) is 0 Å². The summed E-state index contributed by atoms with van der Waals surface area (Å²) in [5.74, 6) is -0.371. The number of pyridine rings is 1. The number of carbonyl (C=O) groups is 1. The molecule has 0 fully saturated rings. The molecule has 3 rings (SSSR count). The van der Waals surface area contributed by atoms with Gasteiger partial charge in [-0.2, -0.15) is 0 Å². The van der Waals surface area contributed by atoms with Gasteiger partial charge >= 0.3 is 0 Å². The number of nitrogens with zero attached hydrogens (tertiary/aromatic N) is 3. The van der Waals surface area contributed by atoms with Crippen LogP contribution in [0.1, 0.15) is 34.6 Å². The number of amides is 1. The quantitative estimate of drug-likeness (QED) is 0.486. The van der Waals surface area contributed by atoms with Gasteiger partial charge in [-0.3, -0.25) is 19.9 Å². The molecule has 1 N–H and O–H groups in total. The second-order valence-corrected chi connectivity index (χ2v) is 7.92. The van der Waals surface area contributed by atoms with Crippen LogP contribution >= 0.6 is 23.1 Å². The normalized spacial score (nSPS) is 11.8. The van der Waals surface area contributed by atoms with E-state index in [9.17, 15) is 14.9 Å². The SMILES string of the molecule is Cc1csc(Sc2ccc(C(=O)NC(C)c3ccncc3)cc2[N+](=O)[O-])n1. The molecule has 138 valence electrons. The molecule has 1 aromatic carbocycles. The van der Waals surface area contributed by atoms with Gasteiger partial charge in [0, 0.05) is 35.1 Å². The van der Waals surface area contributed by atoms with Gasteiger partial charge < -0.3 is 5.32 Å². The number of nitro benzene ring substituents is 1. The van der Waals surface area contributed by atoms with Crippen molar-refractivity contribution in [1.29, 1.82) is 0 Å². The Hall–Kier alpha value is -2.78. The van der Waals surface area contributed by atoms with Crippen LogP contribution in [0.15, 0.2) is 57.3 Å². The summed E-state index contributed by atoms with van der Waals surface area (Å²) in [6, 6.07) is 7.85. The first-order chi connectivity index (χ1) is 12.9. The lowest BCUT2D eigenvalue weighted by Crippen LogP contribution is -2.26. The first kappa shape index (κ1) is 19.0. The van der Waals surface area contributed by atoms with Crippen LogP contribution in [0.3, 0.4) is 0 Å². The third-order valence-electron chi connectivity index (χ3n) is 3.77. The highest BCUT2D eigenvalue weighted by molar-refractivity contribution is 8.01. The van der Waals surface area contributed by atoms with Crippen molar-refractivity contribution >= 4 is 34.7 Å². The van der Waals surface area contributed by atoms with Crippen LogP contribution in [0.4, 0.5) is 5.69 Å². The molecule has 7 nitrogen and oxygen atoms in total. The number of rotatable bonds is 6. The molecule has 0 saturated carbocycles. The minimum Gasteiger partial charge on any atom is -0.346 e. The number of aromatic nitrogens is 2. The molecule has 1 amide bonds. The van der Waals surface area contributed by atoms with E-state index in [0.29, 0.717) is 4.90 Å². The van der Waals surface area contributed by atoms with Crippen LogP contribution in [-0.4, -0.2) is 20.8 Å². The summed E-state index contributed by atoms with van der Waals surface area (Å²) in [6.45, 7) is 3.71. The van der Waals surface area contributed by atoms with Gasteiger partial charge in [-0.05, 0) is 43.7 Å². The van der Waals surface area contributed by atoms with Crippen LogP contribution in [-0.2, 0) is 0 Å². The standard InChI is InChI=1S/C18H16N4O3S2/c1-11-10-26-18(20-11)27-16-4-3-14(9-15(16)22(24)25)17(23)21-12(2)13-5-7-19-8-6-13/h3-10,12H,1-2H3,(H,21,23). The van der Waals surface area contributed by atoms with E-state index < -0.39 is 4.92 Å². The van der Waals surface area contributed by atoms with Gasteiger partial charge in [0.05, 0.1) is 15.9 Å². The molecule has 0 radical (unpaired) electrons. The summed E-state index contributed by atoms with van der Waals surface area (Å²) < 4.78 is 0.721. The van der Waals surface area contributed by atoms with Gasteiger partial charge in [-0.25, -0.2) is 4.98 Å². The monoisotopic (exact) mass is 400 g/mol. The third kappa shape index (κ3) is 4.69. The Balaban J connectivity index is 1.80. The van der Waals surface area contributed by atoms with Gasteiger partial charge in [0.1, 0.15) is 0 Å². The van der Waals surface area contributed by atoms with Crippen molar-refractivity contribution in [1.82, 2.24) is 15.3 Å². The molecule has 1 atom stereocenters. The fraction of sp³-hybridized carbons (Fsp3) is 0.167. The number of hydrogen-bond acceptors (Lipinski definition) is 7. The summed E-state index contributed by atoms with van der Waals surface area (Å²) in [5.41, 5.74) is 1.89. The number of carbonyl (C=O) groups excluding carboxylic acids is 1. The highest BCUT2D eigenvalue weighted by Crippen LogP contribution is 2.36. The molecular weight excluding hydrogens is 384 g/mol. The zero-order valence-corrected chi connectivity index (χ0v) is 16.2. The van der Waals surface area contributed by atoms with E-state index in [1.807, 2.05) is 31.4 Å². The molecule has 0 spiro atoms. The molecular formula is C18H16N4O3S2. The average molecular weight is 400 g/mol. The van der Waals surface area contributed by atoms with E-state index in [2.05, 4.69) is 15.3 Å². The number of aryl methyl sites for hydroxylation is 1. The predicted octanol–water partition coefficient (Wildman–Crippen LogP) is 4.40. The molecule has 2 heterocycles.